The van der Waals surface area contributed by atoms with Gasteiger partial charge in [0, 0.05) is 0 Å². The molecule has 0 aliphatic heterocycles. The zero-order valence-corrected chi connectivity index (χ0v) is 11.7. The highest BCUT2D eigenvalue weighted by atomic mass is 19.1. The van der Waals surface area contributed by atoms with Gasteiger partial charge < -0.3 is 10.1 Å². The number of nitrogens with one attached hydrogen (secondary N) is 1. The predicted molar refractivity (Wildman–Crippen MR) is 70.2 cm³/mol. The predicted octanol–water partition coefficient (Wildman–Crippen LogP) is 2.18. The van der Waals surface area contributed by atoms with E-state index in [1.54, 1.807) is 6.92 Å². The number of esters is 1. The van der Waals surface area contributed by atoms with Crippen LogP contribution < -0.4 is 5.32 Å². The van der Waals surface area contributed by atoms with Crippen molar-refractivity contribution in [3.63, 3.8) is 0 Å². The summed E-state index contributed by atoms with van der Waals surface area (Å²) in [5.41, 5.74) is 0.325. The summed E-state index contributed by atoms with van der Waals surface area (Å²) >= 11 is 0. The molecule has 1 unspecified atom stereocenters. The van der Waals surface area contributed by atoms with Gasteiger partial charge >= 0.3 is 5.97 Å². The van der Waals surface area contributed by atoms with Crippen LogP contribution in [0.5, 0.6) is 0 Å². The average Bonchev–Trinajstić information content (AvgIpc) is 2.38. The van der Waals surface area contributed by atoms with E-state index in [0.717, 1.165) is 0 Å². The van der Waals surface area contributed by atoms with E-state index in [1.807, 2.05) is 13.8 Å². The molecule has 5 nitrogen and oxygen atoms in total. The topological polar surface area (TPSA) is 64.1 Å². The molecule has 106 valence electrons. The van der Waals surface area contributed by atoms with Crippen molar-refractivity contribution < 1.29 is 13.9 Å². The fourth-order valence-electron chi connectivity index (χ4n) is 1.75. The third-order valence-electron chi connectivity index (χ3n) is 2.70. The van der Waals surface area contributed by atoms with Crippen LogP contribution >= 0.6 is 0 Å². The number of halogens is 1. The maximum atomic E-state index is 14.0. The van der Waals surface area contributed by atoms with Crippen molar-refractivity contribution in [2.75, 3.05) is 12.4 Å². The van der Waals surface area contributed by atoms with E-state index in [4.69, 9.17) is 4.74 Å². The summed E-state index contributed by atoms with van der Waals surface area (Å²) in [5, 5.41) is 2.80. The van der Waals surface area contributed by atoms with Crippen LogP contribution in [0.25, 0.3) is 0 Å². The van der Waals surface area contributed by atoms with Crippen molar-refractivity contribution in [3.8, 4) is 0 Å². The molecule has 1 atom stereocenters. The first-order chi connectivity index (χ1) is 8.99. The van der Waals surface area contributed by atoms with Gasteiger partial charge in [0.25, 0.3) is 0 Å². The Hall–Kier alpha value is -1.72. The Kier molecular flexibility index (Phi) is 5.66. The Morgan fingerprint density at radius 3 is 2.68 bits per heavy atom. The molecule has 1 N–H and O–H groups in total. The molecule has 0 saturated heterocycles. The number of carbonyl (C=O) groups excluding carboxylic acids is 1. The van der Waals surface area contributed by atoms with Gasteiger partial charge in [-0.05, 0) is 18.8 Å². The molecule has 6 heteroatoms. The maximum absolute atomic E-state index is 14.0. The van der Waals surface area contributed by atoms with Crippen molar-refractivity contribution >= 4 is 11.8 Å². The van der Waals surface area contributed by atoms with Crippen molar-refractivity contribution in [3.05, 3.63) is 17.8 Å². The Balaban J connectivity index is 2.93. The smallest absolute Gasteiger partial charge is 0.328 e. The number of aromatic nitrogens is 2. The van der Waals surface area contributed by atoms with Gasteiger partial charge in [0.2, 0.25) is 0 Å². The highest BCUT2D eigenvalue weighted by Crippen LogP contribution is 2.17. The fraction of sp³-hybridized carbons (Fsp3) is 0.615. The minimum absolute atomic E-state index is 0.0444. The summed E-state index contributed by atoms with van der Waals surface area (Å²) in [6.07, 6.45) is 2.29. The van der Waals surface area contributed by atoms with Crippen molar-refractivity contribution in [1.29, 1.82) is 0 Å². The van der Waals surface area contributed by atoms with Crippen LogP contribution in [0.2, 0.25) is 0 Å². The zero-order chi connectivity index (χ0) is 14.4. The number of aryl methyl sites for hydroxylation is 1. The van der Waals surface area contributed by atoms with Crippen LogP contribution in [0, 0.1) is 11.7 Å². The molecule has 0 saturated carbocycles. The first kappa shape index (κ1) is 15.3. The lowest BCUT2D eigenvalue weighted by Crippen LogP contribution is -2.33. The molecule has 1 rings (SSSR count). The quantitative estimate of drug-likeness (QED) is 0.802. The van der Waals surface area contributed by atoms with Crippen LogP contribution in [-0.4, -0.2) is 29.1 Å². The lowest BCUT2D eigenvalue weighted by Gasteiger charge is -2.19. The molecular weight excluding hydrogens is 249 g/mol. The first-order valence-electron chi connectivity index (χ1n) is 6.33. The number of carbonyl (C=O) groups is 1. The van der Waals surface area contributed by atoms with Crippen molar-refractivity contribution in [2.45, 2.75) is 39.7 Å². The van der Waals surface area contributed by atoms with Gasteiger partial charge in [-0.2, -0.15) is 0 Å². The zero-order valence-electron chi connectivity index (χ0n) is 11.7. The van der Waals surface area contributed by atoms with E-state index < -0.39 is 17.8 Å². The van der Waals surface area contributed by atoms with Gasteiger partial charge in [0.05, 0.1) is 12.8 Å². The number of hydrogen-bond acceptors (Lipinski definition) is 5. The summed E-state index contributed by atoms with van der Waals surface area (Å²) in [5.74, 6) is -0.623. The highest BCUT2D eigenvalue weighted by Gasteiger charge is 2.22. The molecule has 0 radical (unpaired) electrons. The summed E-state index contributed by atoms with van der Waals surface area (Å²) in [6, 6.07) is -0.612. The van der Waals surface area contributed by atoms with Crippen LogP contribution in [0.1, 0.15) is 32.9 Å². The first-order valence-corrected chi connectivity index (χ1v) is 6.33. The molecule has 0 bridgehead atoms. The van der Waals surface area contributed by atoms with E-state index in [9.17, 15) is 9.18 Å². The second-order valence-corrected chi connectivity index (χ2v) is 4.69. The minimum atomic E-state index is -0.612. The normalized spacial score (nSPS) is 12.3. The molecule has 1 aromatic heterocycles. The number of anilines is 1. The molecular formula is C13H20FN3O2. The van der Waals surface area contributed by atoms with Gasteiger partial charge in [-0.25, -0.2) is 19.2 Å². The van der Waals surface area contributed by atoms with Gasteiger partial charge in [-0.1, -0.05) is 20.8 Å². The molecule has 19 heavy (non-hydrogen) atoms. The SMILES string of the molecule is CCc1ncnc(NC(CC(C)C)C(=O)OC)c1F. The third kappa shape index (κ3) is 4.15. The number of rotatable bonds is 6. The monoisotopic (exact) mass is 269 g/mol. The van der Waals surface area contributed by atoms with E-state index in [0.29, 0.717) is 18.5 Å². The lowest BCUT2D eigenvalue weighted by molar-refractivity contribution is -0.141. The largest absolute Gasteiger partial charge is 0.467 e. The molecule has 1 aromatic rings. The summed E-state index contributed by atoms with van der Waals surface area (Å²) in [6.45, 7) is 5.76. The third-order valence-corrected chi connectivity index (χ3v) is 2.70. The minimum Gasteiger partial charge on any atom is -0.467 e. The Labute approximate surface area is 112 Å². The van der Waals surface area contributed by atoms with E-state index in [1.165, 1.54) is 13.4 Å². The Morgan fingerprint density at radius 1 is 1.47 bits per heavy atom. The van der Waals surface area contributed by atoms with Gasteiger partial charge in [0.15, 0.2) is 11.6 Å². The van der Waals surface area contributed by atoms with E-state index >= 15 is 0 Å². The molecule has 0 aliphatic rings. The Morgan fingerprint density at radius 2 is 2.16 bits per heavy atom. The van der Waals surface area contributed by atoms with Crippen LogP contribution in [0.4, 0.5) is 10.2 Å². The summed E-state index contributed by atoms with van der Waals surface area (Å²) in [7, 11) is 1.31. The van der Waals surface area contributed by atoms with Crippen molar-refractivity contribution in [2.24, 2.45) is 5.92 Å². The second kappa shape index (κ2) is 7.01. The molecule has 0 aliphatic carbocycles. The fourth-order valence-corrected chi connectivity index (χ4v) is 1.75. The number of hydrogen-bond donors (Lipinski definition) is 1. The van der Waals surface area contributed by atoms with E-state index in [-0.39, 0.29) is 11.7 Å². The second-order valence-electron chi connectivity index (χ2n) is 4.69. The molecule has 1 heterocycles. The average molecular weight is 269 g/mol. The van der Waals surface area contributed by atoms with Crippen molar-refractivity contribution in [1.82, 2.24) is 9.97 Å². The van der Waals surface area contributed by atoms with Crippen LogP contribution in [0.15, 0.2) is 6.33 Å². The van der Waals surface area contributed by atoms with Crippen LogP contribution in [0.3, 0.4) is 0 Å². The highest BCUT2D eigenvalue weighted by molar-refractivity contribution is 5.78. The number of ether oxygens (including phenoxy) is 1. The molecule has 0 aromatic carbocycles. The van der Waals surface area contributed by atoms with Gasteiger partial charge in [-0.3, -0.25) is 0 Å². The van der Waals surface area contributed by atoms with Crippen LogP contribution in [-0.2, 0) is 16.0 Å². The Bertz CT molecular complexity index is 438. The summed E-state index contributed by atoms with van der Waals surface area (Å²) in [4.78, 5) is 19.4. The lowest BCUT2D eigenvalue weighted by atomic mass is 10.0. The molecule has 0 amide bonds. The van der Waals surface area contributed by atoms with E-state index in [2.05, 4.69) is 15.3 Å². The number of nitrogens with zero attached hydrogens (tertiary/aromatic N) is 2. The molecule has 0 spiro atoms. The van der Waals surface area contributed by atoms with Gasteiger partial charge in [-0.15, -0.1) is 0 Å². The number of methoxy groups -OCH3 is 1. The maximum Gasteiger partial charge on any atom is 0.328 e. The van der Waals surface area contributed by atoms with Gasteiger partial charge in [0.1, 0.15) is 12.4 Å². The standard InChI is InChI=1S/C13H20FN3O2/c1-5-9-11(14)12(16-7-15-9)17-10(6-8(2)3)13(18)19-4/h7-8,10H,5-6H2,1-4H3,(H,15,16,17). The molecule has 0 fully saturated rings. The summed E-state index contributed by atoms with van der Waals surface area (Å²) < 4.78 is 18.7.